The molecule has 92 valence electrons. The van der Waals surface area contributed by atoms with Gasteiger partial charge in [0.05, 0.1) is 5.69 Å². The summed E-state index contributed by atoms with van der Waals surface area (Å²) in [6, 6.07) is 3.78. The van der Waals surface area contributed by atoms with E-state index in [-0.39, 0.29) is 0 Å². The lowest BCUT2D eigenvalue weighted by Gasteiger charge is -2.19. The number of pyridine rings is 1. The van der Waals surface area contributed by atoms with Crippen molar-refractivity contribution in [3.63, 3.8) is 0 Å². The van der Waals surface area contributed by atoms with Crippen LogP contribution in [0.1, 0.15) is 24.6 Å². The molecule has 0 saturated heterocycles. The molecular formula is C13H13N3O2. The van der Waals surface area contributed by atoms with Gasteiger partial charge in [0.1, 0.15) is 11.7 Å². The van der Waals surface area contributed by atoms with Gasteiger partial charge in [-0.1, -0.05) is 0 Å². The normalized spacial score (nSPS) is 18.3. The van der Waals surface area contributed by atoms with Crippen LogP contribution in [-0.4, -0.2) is 25.6 Å². The molecule has 0 aromatic carbocycles. The Kier molecular flexibility index (Phi) is 2.59. The summed E-state index contributed by atoms with van der Waals surface area (Å²) in [6.45, 7) is 0.840. The number of aryl methyl sites for hydroxylation is 1. The standard InChI is InChI=1S/C13H13N3O2/c17-13(18)10-4-2-6-16-8-11(15-12(10)16)9-3-1-5-14-7-9/h1,3,5,7-8,10H,2,4,6H2,(H,17,18). The largest absolute Gasteiger partial charge is 0.481 e. The number of carboxylic acids is 1. The molecule has 1 aliphatic heterocycles. The summed E-state index contributed by atoms with van der Waals surface area (Å²) in [5.74, 6) is -0.615. The van der Waals surface area contributed by atoms with E-state index in [9.17, 15) is 9.90 Å². The molecule has 0 spiro atoms. The third-order valence-corrected chi connectivity index (χ3v) is 3.27. The third-order valence-electron chi connectivity index (χ3n) is 3.27. The summed E-state index contributed by atoms with van der Waals surface area (Å²) in [4.78, 5) is 19.7. The van der Waals surface area contributed by atoms with E-state index in [1.54, 1.807) is 12.4 Å². The van der Waals surface area contributed by atoms with Crippen molar-refractivity contribution in [3.05, 3.63) is 36.5 Å². The van der Waals surface area contributed by atoms with Gasteiger partial charge in [-0.2, -0.15) is 0 Å². The van der Waals surface area contributed by atoms with Gasteiger partial charge in [-0.3, -0.25) is 9.78 Å². The first-order valence-corrected chi connectivity index (χ1v) is 5.96. The highest BCUT2D eigenvalue weighted by atomic mass is 16.4. The molecule has 1 N–H and O–H groups in total. The van der Waals surface area contributed by atoms with Gasteiger partial charge in [-0.05, 0) is 25.0 Å². The van der Waals surface area contributed by atoms with Gasteiger partial charge in [-0.15, -0.1) is 0 Å². The second kappa shape index (κ2) is 4.25. The molecule has 3 heterocycles. The minimum atomic E-state index is -0.792. The first kappa shape index (κ1) is 11.0. The lowest BCUT2D eigenvalue weighted by atomic mass is 9.99. The molecule has 18 heavy (non-hydrogen) atoms. The van der Waals surface area contributed by atoms with E-state index in [4.69, 9.17) is 0 Å². The van der Waals surface area contributed by atoms with Gasteiger partial charge < -0.3 is 9.67 Å². The molecule has 3 rings (SSSR count). The summed E-state index contributed by atoms with van der Waals surface area (Å²) in [7, 11) is 0. The summed E-state index contributed by atoms with van der Waals surface area (Å²) < 4.78 is 1.95. The lowest BCUT2D eigenvalue weighted by Crippen LogP contribution is -2.21. The Morgan fingerprint density at radius 2 is 2.39 bits per heavy atom. The smallest absolute Gasteiger partial charge is 0.314 e. The fourth-order valence-electron chi connectivity index (χ4n) is 2.37. The van der Waals surface area contributed by atoms with Crippen LogP contribution in [0.15, 0.2) is 30.7 Å². The monoisotopic (exact) mass is 243 g/mol. The number of imidazole rings is 1. The van der Waals surface area contributed by atoms with Crippen LogP contribution in [0.25, 0.3) is 11.3 Å². The SMILES string of the molecule is O=C(O)C1CCCn2cc(-c3cccnc3)nc21. The molecule has 0 radical (unpaired) electrons. The van der Waals surface area contributed by atoms with Gasteiger partial charge in [0, 0.05) is 30.7 Å². The Morgan fingerprint density at radius 3 is 3.11 bits per heavy atom. The number of fused-ring (bicyclic) bond motifs is 1. The second-order valence-corrected chi connectivity index (χ2v) is 4.45. The van der Waals surface area contributed by atoms with Crippen LogP contribution in [0.3, 0.4) is 0 Å². The quantitative estimate of drug-likeness (QED) is 0.874. The average molecular weight is 243 g/mol. The van der Waals surface area contributed by atoms with Gasteiger partial charge in [0.25, 0.3) is 0 Å². The molecule has 1 unspecified atom stereocenters. The van der Waals surface area contributed by atoms with Gasteiger partial charge in [-0.25, -0.2) is 4.98 Å². The highest BCUT2D eigenvalue weighted by Crippen LogP contribution is 2.29. The number of aromatic nitrogens is 3. The fourth-order valence-corrected chi connectivity index (χ4v) is 2.37. The molecule has 2 aromatic rings. The van der Waals surface area contributed by atoms with Crippen molar-refractivity contribution < 1.29 is 9.90 Å². The number of hydrogen-bond acceptors (Lipinski definition) is 3. The molecular weight excluding hydrogens is 230 g/mol. The van der Waals surface area contributed by atoms with Gasteiger partial charge in [0.15, 0.2) is 0 Å². The molecule has 1 aliphatic rings. The van der Waals surface area contributed by atoms with Crippen molar-refractivity contribution in [2.45, 2.75) is 25.3 Å². The van der Waals surface area contributed by atoms with Gasteiger partial charge in [0.2, 0.25) is 0 Å². The molecule has 5 heteroatoms. The molecule has 0 bridgehead atoms. The molecule has 5 nitrogen and oxygen atoms in total. The number of carboxylic acid groups (broad SMARTS) is 1. The molecule has 0 saturated carbocycles. The Hall–Kier alpha value is -2.17. The van der Waals surface area contributed by atoms with E-state index in [1.165, 1.54) is 0 Å². The summed E-state index contributed by atoms with van der Waals surface area (Å²) >= 11 is 0. The zero-order chi connectivity index (χ0) is 12.5. The Morgan fingerprint density at radius 1 is 1.50 bits per heavy atom. The summed E-state index contributed by atoms with van der Waals surface area (Å²) in [6.07, 6.45) is 6.91. The van der Waals surface area contributed by atoms with E-state index in [2.05, 4.69) is 9.97 Å². The molecule has 2 aromatic heterocycles. The summed E-state index contributed by atoms with van der Waals surface area (Å²) in [5, 5.41) is 9.20. The van der Waals surface area contributed by atoms with E-state index in [0.29, 0.717) is 12.2 Å². The number of rotatable bonds is 2. The number of aliphatic carboxylic acids is 1. The predicted molar refractivity (Wildman–Crippen MR) is 65.1 cm³/mol. The van der Waals surface area contributed by atoms with Crippen LogP contribution >= 0.6 is 0 Å². The fraction of sp³-hybridized carbons (Fsp3) is 0.308. The molecule has 0 amide bonds. The van der Waals surface area contributed by atoms with Crippen LogP contribution in [0.5, 0.6) is 0 Å². The van der Waals surface area contributed by atoms with Crippen LogP contribution in [0.2, 0.25) is 0 Å². The molecule has 1 atom stereocenters. The first-order valence-electron chi connectivity index (χ1n) is 5.96. The van der Waals surface area contributed by atoms with E-state index in [1.807, 2.05) is 22.9 Å². The van der Waals surface area contributed by atoms with Crippen molar-refractivity contribution in [2.75, 3.05) is 0 Å². The van der Waals surface area contributed by atoms with Crippen LogP contribution in [0.4, 0.5) is 0 Å². The number of carbonyl (C=O) groups is 1. The minimum Gasteiger partial charge on any atom is -0.481 e. The summed E-state index contributed by atoms with van der Waals surface area (Å²) in [5.41, 5.74) is 1.72. The van der Waals surface area contributed by atoms with Crippen LogP contribution in [0, 0.1) is 0 Å². The van der Waals surface area contributed by atoms with Crippen molar-refractivity contribution in [2.24, 2.45) is 0 Å². The van der Waals surface area contributed by atoms with Crippen molar-refractivity contribution in [1.82, 2.24) is 14.5 Å². The molecule has 0 fully saturated rings. The molecule has 0 aliphatic carbocycles. The van der Waals surface area contributed by atoms with E-state index < -0.39 is 11.9 Å². The first-order chi connectivity index (χ1) is 8.75. The van der Waals surface area contributed by atoms with Crippen molar-refractivity contribution >= 4 is 5.97 Å². The van der Waals surface area contributed by atoms with E-state index >= 15 is 0 Å². The van der Waals surface area contributed by atoms with E-state index in [0.717, 1.165) is 24.2 Å². The number of nitrogens with zero attached hydrogens (tertiary/aromatic N) is 3. The highest BCUT2D eigenvalue weighted by molar-refractivity contribution is 5.75. The lowest BCUT2D eigenvalue weighted by molar-refractivity contribution is -0.139. The van der Waals surface area contributed by atoms with Crippen LogP contribution < -0.4 is 0 Å². The highest BCUT2D eigenvalue weighted by Gasteiger charge is 2.28. The Labute approximate surface area is 104 Å². The van der Waals surface area contributed by atoms with Crippen molar-refractivity contribution in [3.8, 4) is 11.3 Å². The zero-order valence-corrected chi connectivity index (χ0v) is 9.78. The second-order valence-electron chi connectivity index (χ2n) is 4.45. The average Bonchev–Trinajstić information content (AvgIpc) is 2.83. The Balaban J connectivity index is 2.04. The topological polar surface area (TPSA) is 68.0 Å². The predicted octanol–water partition coefficient (Wildman–Crippen LogP) is 1.91. The number of hydrogen-bond donors (Lipinski definition) is 1. The van der Waals surface area contributed by atoms with Crippen LogP contribution in [-0.2, 0) is 11.3 Å². The maximum absolute atomic E-state index is 11.2. The van der Waals surface area contributed by atoms with Gasteiger partial charge >= 0.3 is 5.97 Å². The maximum atomic E-state index is 11.2. The van der Waals surface area contributed by atoms with Crippen molar-refractivity contribution in [1.29, 1.82) is 0 Å². The zero-order valence-electron chi connectivity index (χ0n) is 9.78. The maximum Gasteiger partial charge on any atom is 0.314 e. The third kappa shape index (κ3) is 1.77. The minimum absolute atomic E-state index is 0.482. The Bertz CT molecular complexity index is 577.